The van der Waals surface area contributed by atoms with Gasteiger partial charge in [0.2, 0.25) is 0 Å². The fourth-order valence-corrected chi connectivity index (χ4v) is 2.97. The highest BCUT2D eigenvalue weighted by atomic mass is 79.9. The van der Waals surface area contributed by atoms with Gasteiger partial charge in [-0.05, 0) is 41.4 Å². The average molecular weight is 292 g/mol. The molecule has 0 aliphatic carbocycles. The summed E-state index contributed by atoms with van der Waals surface area (Å²) >= 11 is 5.14. The molecule has 0 saturated heterocycles. The van der Waals surface area contributed by atoms with Gasteiger partial charge in [0, 0.05) is 11.4 Å². The summed E-state index contributed by atoms with van der Waals surface area (Å²) < 4.78 is 7.03. The lowest BCUT2D eigenvalue weighted by Crippen LogP contribution is -2.20. The summed E-state index contributed by atoms with van der Waals surface area (Å²) in [6, 6.07) is 4.11. The van der Waals surface area contributed by atoms with E-state index in [-0.39, 0.29) is 12.2 Å². The standard InChI is InChI=1S/C11H18BrNOS/c1-3-4-8(2)14-9(7-13)10-5-6-11(12)15-10/h5-6,8-9H,3-4,7,13H2,1-2H3. The van der Waals surface area contributed by atoms with Crippen LogP contribution in [0.1, 0.15) is 37.7 Å². The fourth-order valence-electron chi connectivity index (χ4n) is 1.50. The van der Waals surface area contributed by atoms with Crippen molar-refractivity contribution in [2.24, 2.45) is 5.73 Å². The van der Waals surface area contributed by atoms with Crippen molar-refractivity contribution in [1.82, 2.24) is 0 Å². The molecule has 0 aromatic carbocycles. The lowest BCUT2D eigenvalue weighted by atomic mass is 10.2. The predicted octanol–water partition coefficient (Wildman–Crippen LogP) is 3.72. The molecular formula is C11H18BrNOS. The third-order valence-corrected chi connectivity index (χ3v) is 3.93. The maximum Gasteiger partial charge on any atom is 0.104 e. The second-order valence-corrected chi connectivity index (χ2v) is 6.10. The topological polar surface area (TPSA) is 35.2 Å². The predicted molar refractivity (Wildman–Crippen MR) is 69.3 cm³/mol. The van der Waals surface area contributed by atoms with Crippen molar-refractivity contribution in [2.45, 2.75) is 38.9 Å². The Balaban J connectivity index is 2.56. The summed E-state index contributed by atoms with van der Waals surface area (Å²) in [5, 5.41) is 0. The van der Waals surface area contributed by atoms with Gasteiger partial charge in [-0.3, -0.25) is 0 Å². The molecule has 1 heterocycles. The molecule has 1 rings (SSSR count). The van der Waals surface area contributed by atoms with Gasteiger partial charge in [0.05, 0.1) is 9.89 Å². The number of thiophene rings is 1. The first kappa shape index (κ1) is 13.2. The number of halogens is 1. The van der Waals surface area contributed by atoms with Crippen molar-refractivity contribution in [3.8, 4) is 0 Å². The fraction of sp³-hybridized carbons (Fsp3) is 0.636. The molecule has 86 valence electrons. The van der Waals surface area contributed by atoms with E-state index in [0.29, 0.717) is 6.54 Å². The molecule has 2 N–H and O–H groups in total. The van der Waals surface area contributed by atoms with Gasteiger partial charge in [0.25, 0.3) is 0 Å². The van der Waals surface area contributed by atoms with Gasteiger partial charge in [0.1, 0.15) is 6.10 Å². The Kier molecular flexibility index (Phi) is 5.82. The van der Waals surface area contributed by atoms with Crippen LogP contribution in [0.4, 0.5) is 0 Å². The smallest absolute Gasteiger partial charge is 0.104 e. The van der Waals surface area contributed by atoms with Crippen molar-refractivity contribution in [1.29, 1.82) is 0 Å². The number of ether oxygens (including phenoxy) is 1. The zero-order valence-electron chi connectivity index (χ0n) is 9.20. The first-order chi connectivity index (χ1) is 7.17. The van der Waals surface area contributed by atoms with Crippen LogP contribution in [0.25, 0.3) is 0 Å². The monoisotopic (exact) mass is 291 g/mol. The minimum absolute atomic E-state index is 0.0443. The lowest BCUT2D eigenvalue weighted by molar-refractivity contribution is -0.000938. The molecule has 1 aromatic rings. The van der Waals surface area contributed by atoms with E-state index in [4.69, 9.17) is 10.5 Å². The van der Waals surface area contributed by atoms with E-state index in [9.17, 15) is 0 Å². The van der Waals surface area contributed by atoms with E-state index < -0.39 is 0 Å². The molecule has 0 bridgehead atoms. The van der Waals surface area contributed by atoms with E-state index in [1.54, 1.807) is 11.3 Å². The Hall–Kier alpha value is 0.1000. The molecule has 0 aliphatic heterocycles. The zero-order chi connectivity index (χ0) is 11.3. The third-order valence-electron chi connectivity index (χ3n) is 2.22. The summed E-state index contributed by atoms with van der Waals surface area (Å²) in [6.45, 7) is 4.81. The summed E-state index contributed by atoms with van der Waals surface area (Å²) in [7, 11) is 0. The zero-order valence-corrected chi connectivity index (χ0v) is 11.6. The van der Waals surface area contributed by atoms with Crippen LogP contribution in [0, 0.1) is 0 Å². The minimum Gasteiger partial charge on any atom is -0.368 e. The average Bonchev–Trinajstić information content (AvgIpc) is 2.61. The van der Waals surface area contributed by atoms with Crippen LogP contribution < -0.4 is 5.73 Å². The molecule has 2 nitrogen and oxygen atoms in total. The summed E-state index contributed by atoms with van der Waals surface area (Å²) in [4.78, 5) is 1.20. The first-order valence-electron chi connectivity index (χ1n) is 5.28. The van der Waals surface area contributed by atoms with E-state index in [0.717, 1.165) is 16.6 Å². The number of hydrogen-bond acceptors (Lipinski definition) is 3. The van der Waals surface area contributed by atoms with Gasteiger partial charge < -0.3 is 10.5 Å². The lowest BCUT2D eigenvalue weighted by Gasteiger charge is -2.19. The van der Waals surface area contributed by atoms with Crippen molar-refractivity contribution in [2.75, 3.05) is 6.54 Å². The maximum atomic E-state index is 5.90. The molecule has 1 aromatic heterocycles. The van der Waals surface area contributed by atoms with Gasteiger partial charge in [0.15, 0.2) is 0 Å². The number of hydrogen-bond donors (Lipinski definition) is 1. The van der Waals surface area contributed by atoms with E-state index >= 15 is 0 Å². The SMILES string of the molecule is CCCC(C)OC(CN)c1ccc(Br)s1. The van der Waals surface area contributed by atoms with E-state index in [2.05, 4.69) is 35.8 Å². The highest BCUT2D eigenvalue weighted by Crippen LogP contribution is 2.29. The van der Waals surface area contributed by atoms with E-state index in [1.165, 1.54) is 4.88 Å². The first-order valence-corrected chi connectivity index (χ1v) is 6.89. The molecule has 0 fully saturated rings. The van der Waals surface area contributed by atoms with Crippen molar-refractivity contribution in [3.05, 3.63) is 20.8 Å². The second kappa shape index (κ2) is 6.63. The minimum atomic E-state index is 0.0443. The van der Waals surface area contributed by atoms with Gasteiger partial charge in [-0.2, -0.15) is 0 Å². The van der Waals surface area contributed by atoms with Crippen LogP contribution in [0.5, 0.6) is 0 Å². The number of nitrogens with two attached hydrogens (primary N) is 1. The van der Waals surface area contributed by atoms with Crippen LogP contribution in [0.15, 0.2) is 15.9 Å². The molecular weight excluding hydrogens is 274 g/mol. The Morgan fingerprint density at radius 1 is 1.53 bits per heavy atom. The van der Waals surface area contributed by atoms with Crippen LogP contribution >= 0.6 is 27.3 Å². The van der Waals surface area contributed by atoms with Gasteiger partial charge in [-0.25, -0.2) is 0 Å². The van der Waals surface area contributed by atoms with Crippen molar-refractivity contribution >= 4 is 27.3 Å². The molecule has 0 spiro atoms. The Morgan fingerprint density at radius 3 is 2.73 bits per heavy atom. The molecule has 0 aliphatic rings. The van der Waals surface area contributed by atoms with E-state index in [1.807, 2.05) is 6.07 Å². The quantitative estimate of drug-likeness (QED) is 0.867. The summed E-state index contributed by atoms with van der Waals surface area (Å²) in [5.41, 5.74) is 5.72. The van der Waals surface area contributed by atoms with Crippen LogP contribution in [0.2, 0.25) is 0 Å². The maximum absolute atomic E-state index is 5.90. The van der Waals surface area contributed by atoms with Crippen LogP contribution in [-0.4, -0.2) is 12.6 Å². The molecule has 0 saturated carbocycles. The molecule has 2 unspecified atom stereocenters. The van der Waals surface area contributed by atoms with Crippen molar-refractivity contribution < 1.29 is 4.74 Å². The molecule has 0 amide bonds. The normalized spacial score (nSPS) is 15.2. The summed E-state index contributed by atoms with van der Waals surface area (Å²) in [6.07, 6.45) is 2.56. The third kappa shape index (κ3) is 4.23. The molecule has 15 heavy (non-hydrogen) atoms. The largest absolute Gasteiger partial charge is 0.368 e. The molecule has 2 atom stereocenters. The molecule has 0 radical (unpaired) electrons. The number of rotatable bonds is 6. The van der Waals surface area contributed by atoms with Gasteiger partial charge in [-0.15, -0.1) is 11.3 Å². The highest BCUT2D eigenvalue weighted by molar-refractivity contribution is 9.11. The second-order valence-electron chi connectivity index (χ2n) is 3.60. The summed E-state index contributed by atoms with van der Waals surface area (Å²) in [5.74, 6) is 0. The highest BCUT2D eigenvalue weighted by Gasteiger charge is 2.15. The Bertz CT molecular complexity index is 290. The Labute approximate surface area is 104 Å². The van der Waals surface area contributed by atoms with Gasteiger partial charge in [-0.1, -0.05) is 13.3 Å². The van der Waals surface area contributed by atoms with Crippen molar-refractivity contribution in [3.63, 3.8) is 0 Å². The molecule has 4 heteroatoms. The van der Waals surface area contributed by atoms with Gasteiger partial charge >= 0.3 is 0 Å². The van der Waals surface area contributed by atoms with Crippen LogP contribution in [0.3, 0.4) is 0 Å². The van der Waals surface area contributed by atoms with Crippen LogP contribution in [-0.2, 0) is 4.74 Å². The Morgan fingerprint density at radius 2 is 2.27 bits per heavy atom.